The lowest BCUT2D eigenvalue weighted by Gasteiger charge is -2.27. The molecule has 0 amide bonds. The van der Waals surface area contributed by atoms with Crippen LogP contribution >= 0.6 is 0 Å². The summed E-state index contributed by atoms with van der Waals surface area (Å²) in [6, 6.07) is 0. The molecule has 0 fully saturated rings. The van der Waals surface area contributed by atoms with E-state index >= 15 is 0 Å². The van der Waals surface area contributed by atoms with E-state index in [4.69, 9.17) is 0 Å². The molecule has 2 N–H and O–H groups in total. The Balaban J connectivity index is 2.12. The molecule has 0 bridgehead atoms. The molecular formula is C12H19N5. The predicted molar refractivity (Wildman–Crippen MR) is 68.8 cm³/mol. The van der Waals surface area contributed by atoms with Crippen LogP contribution in [0.25, 0.3) is 11.2 Å². The van der Waals surface area contributed by atoms with E-state index in [2.05, 4.69) is 52.9 Å². The van der Waals surface area contributed by atoms with E-state index in [0.717, 1.165) is 17.9 Å². The molecule has 0 spiro atoms. The van der Waals surface area contributed by atoms with Crippen LogP contribution in [0.5, 0.6) is 0 Å². The summed E-state index contributed by atoms with van der Waals surface area (Å²) in [5, 5.41) is 3.36. The van der Waals surface area contributed by atoms with Crippen molar-refractivity contribution < 1.29 is 0 Å². The van der Waals surface area contributed by atoms with Crippen molar-refractivity contribution in [3.05, 3.63) is 12.7 Å². The second kappa shape index (κ2) is 4.31. The van der Waals surface area contributed by atoms with Crippen molar-refractivity contribution in [3.8, 4) is 0 Å². The van der Waals surface area contributed by atoms with E-state index in [1.54, 1.807) is 6.33 Å². The van der Waals surface area contributed by atoms with Gasteiger partial charge in [-0.15, -0.1) is 0 Å². The maximum atomic E-state index is 4.24. The lowest BCUT2D eigenvalue weighted by atomic mass is 9.82. The summed E-state index contributed by atoms with van der Waals surface area (Å²) in [6.07, 6.45) is 3.17. The topological polar surface area (TPSA) is 66.5 Å². The van der Waals surface area contributed by atoms with Crippen LogP contribution in [0.3, 0.4) is 0 Å². The monoisotopic (exact) mass is 233 g/mol. The van der Waals surface area contributed by atoms with E-state index in [9.17, 15) is 0 Å². The number of H-pyrrole nitrogens is 1. The molecule has 92 valence electrons. The van der Waals surface area contributed by atoms with Crippen molar-refractivity contribution in [2.75, 3.05) is 11.9 Å². The predicted octanol–water partition coefficient (Wildman–Crippen LogP) is 2.45. The molecule has 0 aliphatic heterocycles. The Morgan fingerprint density at radius 1 is 1.29 bits per heavy atom. The maximum absolute atomic E-state index is 4.24. The van der Waals surface area contributed by atoms with Gasteiger partial charge in [0.1, 0.15) is 11.8 Å². The Hall–Kier alpha value is -1.65. The minimum absolute atomic E-state index is 0.285. The lowest BCUT2D eigenvalue weighted by Crippen LogP contribution is -2.25. The molecule has 2 aromatic rings. The molecule has 5 nitrogen and oxygen atoms in total. The molecule has 2 heterocycles. The van der Waals surface area contributed by atoms with Crippen LogP contribution in [0.15, 0.2) is 12.7 Å². The average molecular weight is 233 g/mol. The SMILES string of the molecule is CC(CNc1ncnc2nc[nH]c12)C(C)(C)C. The molecule has 17 heavy (non-hydrogen) atoms. The first-order valence-corrected chi connectivity index (χ1v) is 5.86. The number of nitrogens with zero attached hydrogens (tertiary/aromatic N) is 3. The van der Waals surface area contributed by atoms with Gasteiger partial charge in [0.2, 0.25) is 0 Å². The number of aromatic nitrogens is 4. The van der Waals surface area contributed by atoms with Gasteiger partial charge in [-0.1, -0.05) is 27.7 Å². The van der Waals surface area contributed by atoms with Crippen molar-refractivity contribution in [2.24, 2.45) is 11.3 Å². The van der Waals surface area contributed by atoms with Gasteiger partial charge in [-0.05, 0) is 11.3 Å². The van der Waals surface area contributed by atoms with Crippen LogP contribution in [-0.4, -0.2) is 26.5 Å². The third-order valence-electron chi connectivity index (χ3n) is 3.28. The molecule has 0 aliphatic carbocycles. The van der Waals surface area contributed by atoms with Crippen LogP contribution in [-0.2, 0) is 0 Å². The van der Waals surface area contributed by atoms with Gasteiger partial charge in [0.25, 0.3) is 0 Å². The highest BCUT2D eigenvalue weighted by atomic mass is 15.1. The van der Waals surface area contributed by atoms with Crippen molar-refractivity contribution in [2.45, 2.75) is 27.7 Å². The van der Waals surface area contributed by atoms with Gasteiger partial charge in [0.05, 0.1) is 6.33 Å². The zero-order valence-electron chi connectivity index (χ0n) is 10.8. The van der Waals surface area contributed by atoms with E-state index in [1.807, 2.05) is 0 Å². The van der Waals surface area contributed by atoms with Crippen LogP contribution in [0.1, 0.15) is 27.7 Å². The Kier molecular flexibility index (Phi) is 3.00. The number of aromatic amines is 1. The molecule has 1 unspecified atom stereocenters. The van der Waals surface area contributed by atoms with Gasteiger partial charge in [0.15, 0.2) is 11.5 Å². The smallest absolute Gasteiger partial charge is 0.182 e. The number of nitrogens with one attached hydrogen (secondary N) is 2. The first kappa shape index (κ1) is 11.8. The molecule has 2 rings (SSSR count). The fourth-order valence-electron chi connectivity index (χ4n) is 1.46. The normalized spacial score (nSPS) is 13.9. The Morgan fingerprint density at radius 2 is 2.06 bits per heavy atom. The summed E-state index contributed by atoms with van der Waals surface area (Å²) in [5.41, 5.74) is 1.85. The van der Waals surface area contributed by atoms with E-state index in [1.165, 1.54) is 6.33 Å². The summed E-state index contributed by atoms with van der Waals surface area (Å²) in [4.78, 5) is 15.5. The molecule has 0 saturated carbocycles. The summed E-state index contributed by atoms with van der Waals surface area (Å²) >= 11 is 0. The van der Waals surface area contributed by atoms with Crippen LogP contribution in [0.4, 0.5) is 5.82 Å². The first-order valence-electron chi connectivity index (χ1n) is 5.86. The molecule has 0 aromatic carbocycles. The van der Waals surface area contributed by atoms with Crippen LogP contribution < -0.4 is 5.32 Å². The third kappa shape index (κ3) is 2.54. The van der Waals surface area contributed by atoms with Gasteiger partial charge in [-0.2, -0.15) is 0 Å². The van der Waals surface area contributed by atoms with E-state index < -0.39 is 0 Å². The van der Waals surface area contributed by atoms with Crippen molar-refractivity contribution in [3.63, 3.8) is 0 Å². The molecule has 1 atom stereocenters. The van der Waals surface area contributed by atoms with Crippen molar-refractivity contribution in [1.82, 2.24) is 19.9 Å². The third-order valence-corrected chi connectivity index (χ3v) is 3.28. The number of fused-ring (bicyclic) bond motifs is 1. The number of hydrogen-bond acceptors (Lipinski definition) is 4. The van der Waals surface area contributed by atoms with Gasteiger partial charge >= 0.3 is 0 Å². The standard InChI is InChI=1S/C12H19N5/c1-8(12(2,3)4)5-13-10-9-11(15-6-14-9)17-7-16-10/h6-8H,5H2,1-4H3,(H2,13,14,15,16,17). The van der Waals surface area contributed by atoms with Crippen molar-refractivity contribution >= 4 is 17.0 Å². The van der Waals surface area contributed by atoms with Gasteiger partial charge in [0, 0.05) is 6.54 Å². The van der Waals surface area contributed by atoms with E-state index in [-0.39, 0.29) is 5.41 Å². The molecule has 0 aliphatic rings. The molecule has 5 heteroatoms. The van der Waals surface area contributed by atoms with Crippen molar-refractivity contribution in [1.29, 1.82) is 0 Å². The zero-order chi connectivity index (χ0) is 12.5. The molecule has 0 radical (unpaired) electrons. The largest absolute Gasteiger partial charge is 0.368 e. The fourth-order valence-corrected chi connectivity index (χ4v) is 1.46. The number of anilines is 1. The maximum Gasteiger partial charge on any atom is 0.182 e. The Morgan fingerprint density at radius 3 is 2.76 bits per heavy atom. The zero-order valence-corrected chi connectivity index (χ0v) is 10.8. The fraction of sp³-hybridized carbons (Fsp3) is 0.583. The van der Waals surface area contributed by atoms with Gasteiger partial charge in [-0.25, -0.2) is 15.0 Å². The summed E-state index contributed by atoms with van der Waals surface area (Å²) in [7, 11) is 0. The highest BCUT2D eigenvalue weighted by Gasteiger charge is 2.20. The summed E-state index contributed by atoms with van der Waals surface area (Å²) < 4.78 is 0. The second-order valence-electron chi connectivity index (χ2n) is 5.47. The first-order chi connectivity index (χ1) is 7.98. The summed E-state index contributed by atoms with van der Waals surface area (Å²) in [6.45, 7) is 9.84. The van der Waals surface area contributed by atoms with Gasteiger partial charge < -0.3 is 10.3 Å². The molecule has 2 aromatic heterocycles. The van der Waals surface area contributed by atoms with E-state index in [0.29, 0.717) is 11.6 Å². The second-order valence-corrected chi connectivity index (χ2v) is 5.47. The molecule has 0 saturated heterocycles. The highest BCUT2D eigenvalue weighted by molar-refractivity contribution is 5.81. The van der Waals surface area contributed by atoms with Crippen LogP contribution in [0, 0.1) is 11.3 Å². The Bertz CT molecular complexity index is 497. The van der Waals surface area contributed by atoms with Crippen LogP contribution in [0.2, 0.25) is 0 Å². The lowest BCUT2D eigenvalue weighted by molar-refractivity contribution is 0.274. The minimum Gasteiger partial charge on any atom is -0.368 e. The minimum atomic E-state index is 0.285. The number of rotatable bonds is 3. The number of imidazole rings is 1. The Labute approximate surface area is 101 Å². The van der Waals surface area contributed by atoms with Gasteiger partial charge in [-0.3, -0.25) is 0 Å². The quantitative estimate of drug-likeness (QED) is 0.854. The highest BCUT2D eigenvalue weighted by Crippen LogP contribution is 2.25. The summed E-state index contributed by atoms with van der Waals surface area (Å²) in [5.74, 6) is 1.37. The average Bonchev–Trinajstić information content (AvgIpc) is 2.72. The number of hydrogen-bond donors (Lipinski definition) is 2. The molecular weight excluding hydrogens is 214 g/mol.